The van der Waals surface area contributed by atoms with E-state index in [-0.39, 0.29) is 11.5 Å². The molecule has 23 heavy (non-hydrogen) atoms. The molecule has 0 unspecified atom stereocenters. The molecule has 3 rings (SSSR count). The summed E-state index contributed by atoms with van der Waals surface area (Å²) in [5.74, 6) is 2.05. The molecule has 2 aliphatic rings. The van der Waals surface area contributed by atoms with Crippen LogP contribution in [0.5, 0.6) is 5.75 Å². The van der Waals surface area contributed by atoms with Gasteiger partial charge in [0, 0.05) is 40.8 Å². The fraction of sp³-hybridized carbons (Fsp3) is 0.625. The summed E-state index contributed by atoms with van der Waals surface area (Å²) in [5.41, 5.74) is -0.434. The van der Waals surface area contributed by atoms with Gasteiger partial charge in [-0.3, -0.25) is 9.11 Å². The van der Waals surface area contributed by atoms with Gasteiger partial charge in [0.15, 0.2) is 0 Å². The second-order valence-corrected chi connectivity index (χ2v) is 8.12. The van der Waals surface area contributed by atoms with E-state index >= 15 is 0 Å². The molecular formula is C16H20F3NO2S. The summed E-state index contributed by atoms with van der Waals surface area (Å²) in [6.45, 7) is 4.56. The second-order valence-electron chi connectivity index (χ2n) is 6.66. The molecule has 0 aromatic heterocycles. The summed E-state index contributed by atoms with van der Waals surface area (Å²) in [5, 5.41) is 0. The summed E-state index contributed by atoms with van der Waals surface area (Å²) >= 11 is 0. The number of benzene rings is 1. The Hall–Kier alpha value is -1.08. The van der Waals surface area contributed by atoms with Crippen LogP contribution in [0.15, 0.2) is 24.3 Å². The Morgan fingerprint density at radius 3 is 2.52 bits per heavy atom. The molecule has 2 fully saturated rings. The number of hydrogen-bond donors (Lipinski definition) is 0. The van der Waals surface area contributed by atoms with Crippen LogP contribution in [0.3, 0.4) is 0 Å². The van der Waals surface area contributed by atoms with Crippen molar-refractivity contribution in [3.8, 4) is 5.75 Å². The Morgan fingerprint density at radius 2 is 1.96 bits per heavy atom. The minimum absolute atomic E-state index is 0.104. The van der Waals surface area contributed by atoms with Crippen molar-refractivity contribution in [2.24, 2.45) is 5.41 Å². The average Bonchev–Trinajstić information content (AvgIpc) is 2.81. The van der Waals surface area contributed by atoms with Crippen LogP contribution >= 0.6 is 0 Å². The molecule has 1 aromatic rings. The first-order chi connectivity index (χ1) is 10.8. The molecule has 0 bridgehead atoms. The van der Waals surface area contributed by atoms with Crippen LogP contribution in [0.1, 0.15) is 18.9 Å². The molecule has 0 amide bonds. The van der Waals surface area contributed by atoms with Crippen molar-refractivity contribution in [1.29, 1.82) is 0 Å². The maximum atomic E-state index is 12.5. The molecule has 1 aromatic carbocycles. The number of alkyl halides is 3. The van der Waals surface area contributed by atoms with Gasteiger partial charge in [0.05, 0.1) is 5.56 Å². The van der Waals surface area contributed by atoms with Crippen LogP contribution in [0.25, 0.3) is 0 Å². The van der Waals surface area contributed by atoms with Gasteiger partial charge in [0.25, 0.3) is 0 Å². The highest BCUT2D eigenvalue weighted by molar-refractivity contribution is 7.86. The Labute approximate surface area is 136 Å². The normalized spacial score (nSPS) is 29.5. The molecule has 0 N–H and O–H groups in total. The number of hydrogen-bond acceptors (Lipinski definition) is 3. The number of rotatable bonds is 4. The SMILES string of the molecule is C[C@H](CN1CCC2(C1)CS(=O)C2)Oc1ccc(C(F)(F)F)cc1. The fourth-order valence-electron chi connectivity index (χ4n) is 3.42. The average molecular weight is 347 g/mol. The van der Waals surface area contributed by atoms with Crippen molar-refractivity contribution in [2.75, 3.05) is 31.1 Å². The van der Waals surface area contributed by atoms with Crippen molar-refractivity contribution in [2.45, 2.75) is 25.6 Å². The van der Waals surface area contributed by atoms with E-state index in [1.54, 1.807) is 0 Å². The lowest BCUT2D eigenvalue weighted by Gasteiger charge is -2.37. The van der Waals surface area contributed by atoms with Gasteiger partial charge in [0.2, 0.25) is 0 Å². The van der Waals surface area contributed by atoms with Crippen molar-refractivity contribution in [3.05, 3.63) is 29.8 Å². The Balaban J connectivity index is 1.50. The van der Waals surface area contributed by atoms with Gasteiger partial charge in [-0.15, -0.1) is 0 Å². The van der Waals surface area contributed by atoms with Crippen LogP contribution in [-0.4, -0.2) is 46.4 Å². The van der Waals surface area contributed by atoms with E-state index in [0.29, 0.717) is 5.75 Å². The van der Waals surface area contributed by atoms with E-state index < -0.39 is 22.5 Å². The number of nitrogens with zero attached hydrogens (tertiary/aromatic N) is 1. The zero-order valence-corrected chi connectivity index (χ0v) is 13.8. The molecule has 0 radical (unpaired) electrons. The van der Waals surface area contributed by atoms with Gasteiger partial charge in [-0.1, -0.05) is 0 Å². The van der Waals surface area contributed by atoms with E-state index in [1.165, 1.54) is 12.1 Å². The first-order valence-corrected chi connectivity index (χ1v) is 9.16. The van der Waals surface area contributed by atoms with E-state index in [9.17, 15) is 17.4 Å². The van der Waals surface area contributed by atoms with Crippen LogP contribution in [-0.2, 0) is 17.0 Å². The molecule has 0 aliphatic carbocycles. The van der Waals surface area contributed by atoms with Gasteiger partial charge < -0.3 is 4.74 Å². The third-order valence-corrected chi connectivity index (χ3v) is 6.35. The van der Waals surface area contributed by atoms with Crippen molar-refractivity contribution in [1.82, 2.24) is 4.90 Å². The van der Waals surface area contributed by atoms with Crippen LogP contribution in [0.2, 0.25) is 0 Å². The van der Waals surface area contributed by atoms with Crippen LogP contribution in [0, 0.1) is 5.41 Å². The summed E-state index contributed by atoms with van der Waals surface area (Å²) in [6, 6.07) is 4.80. The van der Waals surface area contributed by atoms with Crippen LogP contribution in [0.4, 0.5) is 13.2 Å². The van der Waals surface area contributed by atoms with Crippen molar-refractivity contribution in [3.63, 3.8) is 0 Å². The van der Waals surface area contributed by atoms with Crippen LogP contribution < -0.4 is 4.74 Å². The number of likely N-dealkylation sites (tertiary alicyclic amines) is 1. The molecule has 2 saturated heterocycles. The summed E-state index contributed by atoms with van der Waals surface area (Å²) in [7, 11) is -0.640. The Kier molecular flexibility index (Phi) is 4.44. The topological polar surface area (TPSA) is 29.5 Å². The molecule has 1 spiro atoms. The Bertz CT molecular complexity index is 580. The first kappa shape index (κ1) is 16.8. The monoisotopic (exact) mass is 347 g/mol. The minimum Gasteiger partial charge on any atom is -0.489 e. The molecular weight excluding hydrogens is 327 g/mol. The predicted octanol–water partition coefficient (Wildman–Crippen LogP) is 2.93. The summed E-state index contributed by atoms with van der Waals surface area (Å²) in [4.78, 5) is 2.30. The second kappa shape index (κ2) is 6.09. The Morgan fingerprint density at radius 1 is 1.30 bits per heavy atom. The lowest BCUT2D eigenvalue weighted by atomic mass is 9.91. The first-order valence-electron chi connectivity index (χ1n) is 7.67. The highest BCUT2D eigenvalue weighted by Gasteiger charge is 2.47. The molecule has 7 heteroatoms. The zero-order chi connectivity index (χ0) is 16.7. The van der Waals surface area contributed by atoms with Gasteiger partial charge in [-0.25, -0.2) is 0 Å². The molecule has 3 nitrogen and oxygen atoms in total. The van der Waals surface area contributed by atoms with Crippen molar-refractivity contribution >= 4 is 10.8 Å². The largest absolute Gasteiger partial charge is 0.489 e. The van der Waals surface area contributed by atoms with Gasteiger partial charge in [-0.05, 0) is 44.2 Å². The lowest BCUT2D eigenvalue weighted by molar-refractivity contribution is -0.137. The summed E-state index contributed by atoms with van der Waals surface area (Å²) < 4.78 is 54.6. The number of ether oxygens (including phenoxy) is 1. The summed E-state index contributed by atoms with van der Waals surface area (Å²) in [6.07, 6.45) is -3.35. The smallest absolute Gasteiger partial charge is 0.416 e. The predicted molar refractivity (Wildman–Crippen MR) is 82.9 cm³/mol. The minimum atomic E-state index is -4.32. The zero-order valence-electron chi connectivity index (χ0n) is 12.9. The fourth-order valence-corrected chi connectivity index (χ4v) is 5.17. The van der Waals surface area contributed by atoms with E-state index in [0.717, 1.165) is 49.7 Å². The highest BCUT2D eigenvalue weighted by atomic mass is 32.2. The molecule has 1 atom stereocenters. The highest BCUT2D eigenvalue weighted by Crippen LogP contribution is 2.39. The molecule has 0 saturated carbocycles. The van der Waals surface area contributed by atoms with Gasteiger partial charge in [0.1, 0.15) is 11.9 Å². The maximum absolute atomic E-state index is 12.5. The van der Waals surface area contributed by atoms with E-state index in [1.807, 2.05) is 6.92 Å². The van der Waals surface area contributed by atoms with E-state index in [4.69, 9.17) is 4.74 Å². The maximum Gasteiger partial charge on any atom is 0.416 e. The molecule has 2 heterocycles. The lowest BCUT2D eigenvalue weighted by Crippen LogP contribution is -2.47. The van der Waals surface area contributed by atoms with Gasteiger partial charge in [-0.2, -0.15) is 13.2 Å². The standard InChI is InChI=1S/C16H20F3NO2S/c1-12(8-20-7-6-15(9-20)10-23(21)11-15)22-14-4-2-13(3-5-14)16(17,18)19/h2-5,12H,6-11H2,1H3/t12-,15?,23?/m1/s1. The quantitative estimate of drug-likeness (QED) is 0.839. The molecule has 128 valence electrons. The number of halogens is 3. The molecule has 2 aliphatic heterocycles. The van der Waals surface area contributed by atoms with Gasteiger partial charge >= 0.3 is 6.18 Å². The van der Waals surface area contributed by atoms with Crippen molar-refractivity contribution < 1.29 is 22.1 Å². The third kappa shape index (κ3) is 3.88. The van der Waals surface area contributed by atoms with E-state index in [2.05, 4.69) is 4.90 Å². The third-order valence-electron chi connectivity index (χ3n) is 4.49.